The van der Waals surface area contributed by atoms with Crippen LogP contribution in [0.15, 0.2) is 35.7 Å². The summed E-state index contributed by atoms with van der Waals surface area (Å²) in [5.41, 5.74) is 2.18. The summed E-state index contributed by atoms with van der Waals surface area (Å²) in [5, 5.41) is 5.68. The molecule has 0 bridgehead atoms. The molecule has 17 heavy (non-hydrogen) atoms. The van der Waals surface area contributed by atoms with Crippen LogP contribution in [-0.4, -0.2) is 11.5 Å². The predicted octanol–water partition coefficient (Wildman–Crippen LogP) is 3.54. The summed E-state index contributed by atoms with van der Waals surface area (Å²) in [6.45, 7) is 5.23. The van der Waals surface area contributed by atoms with Crippen LogP contribution < -0.4 is 5.32 Å². The highest BCUT2D eigenvalue weighted by Gasteiger charge is 2.15. The zero-order valence-corrected chi connectivity index (χ0v) is 11.1. The number of rotatable bonds is 5. The molecule has 2 aromatic heterocycles. The van der Waals surface area contributed by atoms with Gasteiger partial charge in [0.2, 0.25) is 0 Å². The van der Waals surface area contributed by atoms with Crippen molar-refractivity contribution < 1.29 is 0 Å². The van der Waals surface area contributed by atoms with E-state index in [0.717, 1.165) is 24.4 Å². The molecule has 2 aromatic rings. The lowest BCUT2D eigenvalue weighted by Crippen LogP contribution is -2.23. The number of nitrogens with one attached hydrogen (secondary N) is 1. The Hall–Kier alpha value is -1.19. The SMILES string of the molecule is CCCNC(c1cccc(C)n1)c1cccs1. The van der Waals surface area contributed by atoms with Gasteiger partial charge in [0.15, 0.2) is 0 Å². The fourth-order valence-corrected chi connectivity index (χ4v) is 2.63. The van der Waals surface area contributed by atoms with Crippen molar-refractivity contribution in [3.8, 4) is 0 Å². The average molecular weight is 246 g/mol. The third-order valence-electron chi connectivity index (χ3n) is 2.63. The van der Waals surface area contributed by atoms with E-state index in [0.29, 0.717) is 0 Å². The Balaban J connectivity index is 2.27. The lowest BCUT2D eigenvalue weighted by Gasteiger charge is -2.17. The molecule has 1 atom stereocenters. The van der Waals surface area contributed by atoms with Crippen LogP contribution in [0.3, 0.4) is 0 Å². The van der Waals surface area contributed by atoms with Crippen molar-refractivity contribution in [1.29, 1.82) is 0 Å². The maximum absolute atomic E-state index is 4.63. The summed E-state index contributed by atoms with van der Waals surface area (Å²) in [6.07, 6.45) is 1.13. The molecular formula is C14H18N2S. The van der Waals surface area contributed by atoms with E-state index in [1.54, 1.807) is 11.3 Å². The van der Waals surface area contributed by atoms with Gasteiger partial charge in [0.25, 0.3) is 0 Å². The van der Waals surface area contributed by atoms with Crippen LogP contribution in [0.25, 0.3) is 0 Å². The zero-order valence-electron chi connectivity index (χ0n) is 10.3. The van der Waals surface area contributed by atoms with Crippen molar-refractivity contribution >= 4 is 11.3 Å². The summed E-state index contributed by atoms with van der Waals surface area (Å²) in [7, 11) is 0. The molecule has 0 aliphatic heterocycles. The van der Waals surface area contributed by atoms with Crippen molar-refractivity contribution in [2.75, 3.05) is 6.54 Å². The number of hydrogen-bond donors (Lipinski definition) is 1. The van der Waals surface area contributed by atoms with Crippen LogP contribution in [0.1, 0.15) is 35.7 Å². The second-order valence-corrected chi connectivity index (χ2v) is 5.09. The highest BCUT2D eigenvalue weighted by molar-refractivity contribution is 7.10. The fraction of sp³-hybridized carbons (Fsp3) is 0.357. The molecule has 0 saturated carbocycles. The first-order chi connectivity index (χ1) is 8.31. The van der Waals surface area contributed by atoms with Crippen molar-refractivity contribution in [3.63, 3.8) is 0 Å². The van der Waals surface area contributed by atoms with Crippen LogP contribution in [0.2, 0.25) is 0 Å². The number of pyridine rings is 1. The smallest absolute Gasteiger partial charge is 0.0845 e. The van der Waals surface area contributed by atoms with Gasteiger partial charge in [-0.05, 0) is 43.5 Å². The van der Waals surface area contributed by atoms with Gasteiger partial charge in [-0.25, -0.2) is 0 Å². The fourth-order valence-electron chi connectivity index (χ4n) is 1.82. The molecule has 1 N–H and O–H groups in total. The molecule has 2 nitrogen and oxygen atoms in total. The Morgan fingerprint density at radius 1 is 1.29 bits per heavy atom. The van der Waals surface area contributed by atoms with Gasteiger partial charge in [0.05, 0.1) is 11.7 Å². The lowest BCUT2D eigenvalue weighted by molar-refractivity contribution is 0.592. The highest BCUT2D eigenvalue weighted by Crippen LogP contribution is 2.24. The monoisotopic (exact) mass is 246 g/mol. The Morgan fingerprint density at radius 3 is 2.82 bits per heavy atom. The van der Waals surface area contributed by atoms with E-state index in [1.807, 2.05) is 13.0 Å². The first kappa shape index (κ1) is 12.3. The van der Waals surface area contributed by atoms with Gasteiger partial charge in [0, 0.05) is 10.6 Å². The van der Waals surface area contributed by atoms with Gasteiger partial charge < -0.3 is 5.32 Å². The van der Waals surface area contributed by atoms with Gasteiger partial charge in [-0.3, -0.25) is 4.98 Å². The van der Waals surface area contributed by atoms with Crippen LogP contribution in [0, 0.1) is 6.92 Å². The van der Waals surface area contributed by atoms with Gasteiger partial charge in [-0.15, -0.1) is 11.3 Å². The number of thiophene rings is 1. The molecule has 3 heteroatoms. The van der Waals surface area contributed by atoms with Gasteiger partial charge >= 0.3 is 0 Å². The minimum Gasteiger partial charge on any atom is -0.304 e. The highest BCUT2D eigenvalue weighted by atomic mass is 32.1. The van der Waals surface area contributed by atoms with Gasteiger partial charge in [0.1, 0.15) is 0 Å². The van der Waals surface area contributed by atoms with E-state index in [2.05, 4.69) is 46.9 Å². The van der Waals surface area contributed by atoms with Crippen LogP contribution in [0.5, 0.6) is 0 Å². The van der Waals surface area contributed by atoms with E-state index in [1.165, 1.54) is 4.88 Å². The Labute approximate surface area is 107 Å². The zero-order chi connectivity index (χ0) is 12.1. The molecule has 2 heterocycles. The minimum atomic E-state index is 0.231. The van der Waals surface area contributed by atoms with Gasteiger partial charge in [-0.1, -0.05) is 19.1 Å². The predicted molar refractivity (Wildman–Crippen MR) is 73.4 cm³/mol. The van der Waals surface area contributed by atoms with E-state index in [4.69, 9.17) is 0 Å². The molecule has 0 aliphatic carbocycles. The quantitative estimate of drug-likeness (QED) is 0.873. The van der Waals surface area contributed by atoms with E-state index >= 15 is 0 Å². The molecule has 0 fully saturated rings. The molecule has 0 saturated heterocycles. The second-order valence-electron chi connectivity index (χ2n) is 4.11. The number of nitrogens with zero attached hydrogens (tertiary/aromatic N) is 1. The molecule has 1 unspecified atom stereocenters. The molecule has 90 valence electrons. The third kappa shape index (κ3) is 3.14. The summed E-state index contributed by atoms with van der Waals surface area (Å²) >= 11 is 1.78. The molecule has 0 amide bonds. The Kier molecular flexibility index (Phi) is 4.29. The van der Waals surface area contributed by atoms with E-state index in [9.17, 15) is 0 Å². The summed E-state index contributed by atoms with van der Waals surface area (Å²) < 4.78 is 0. The number of hydrogen-bond acceptors (Lipinski definition) is 3. The molecule has 0 aromatic carbocycles. The maximum Gasteiger partial charge on any atom is 0.0845 e. The van der Waals surface area contributed by atoms with Crippen molar-refractivity contribution in [2.45, 2.75) is 26.3 Å². The molecule has 0 spiro atoms. The Bertz CT molecular complexity index is 451. The summed E-state index contributed by atoms with van der Waals surface area (Å²) in [5.74, 6) is 0. The molecule has 0 radical (unpaired) electrons. The van der Waals surface area contributed by atoms with E-state index in [-0.39, 0.29) is 6.04 Å². The number of aryl methyl sites for hydroxylation is 1. The van der Waals surface area contributed by atoms with Crippen LogP contribution in [-0.2, 0) is 0 Å². The topological polar surface area (TPSA) is 24.9 Å². The summed E-state index contributed by atoms with van der Waals surface area (Å²) in [6, 6.07) is 10.7. The first-order valence-electron chi connectivity index (χ1n) is 6.01. The van der Waals surface area contributed by atoms with Crippen molar-refractivity contribution in [2.24, 2.45) is 0 Å². The van der Waals surface area contributed by atoms with E-state index < -0.39 is 0 Å². The second kappa shape index (κ2) is 5.94. The van der Waals surface area contributed by atoms with Crippen molar-refractivity contribution in [1.82, 2.24) is 10.3 Å². The minimum absolute atomic E-state index is 0.231. The molecular weight excluding hydrogens is 228 g/mol. The summed E-state index contributed by atoms with van der Waals surface area (Å²) in [4.78, 5) is 5.96. The normalized spacial score (nSPS) is 12.6. The standard InChI is InChI=1S/C14H18N2S/c1-3-9-15-14(13-8-5-10-17-13)12-7-4-6-11(2)16-12/h4-8,10,14-15H,3,9H2,1-2H3. The maximum atomic E-state index is 4.63. The molecule has 2 rings (SSSR count). The van der Waals surface area contributed by atoms with Crippen molar-refractivity contribution in [3.05, 3.63) is 52.0 Å². The first-order valence-corrected chi connectivity index (χ1v) is 6.89. The average Bonchev–Trinajstić information content (AvgIpc) is 2.83. The number of aromatic nitrogens is 1. The van der Waals surface area contributed by atoms with Crippen LogP contribution in [0.4, 0.5) is 0 Å². The Morgan fingerprint density at radius 2 is 2.18 bits per heavy atom. The largest absolute Gasteiger partial charge is 0.304 e. The third-order valence-corrected chi connectivity index (χ3v) is 3.57. The molecule has 0 aliphatic rings. The lowest BCUT2D eigenvalue weighted by atomic mass is 10.1. The van der Waals surface area contributed by atoms with Crippen LogP contribution >= 0.6 is 11.3 Å². The van der Waals surface area contributed by atoms with Gasteiger partial charge in [-0.2, -0.15) is 0 Å².